The monoisotopic (exact) mass is 367 g/mol. The number of hydrogen-bond acceptors (Lipinski definition) is 5. The molecule has 4 rings (SSSR count). The average Bonchev–Trinajstić information content (AvgIpc) is 3.33. The van der Waals surface area contributed by atoms with Crippen molar-refractivity contribution in [3.8, 4) is 0 Å². The summed E-state index contributed by atoms with van der Waals surface area (Å²) in [5.41, 5.74) is 2.36. The lowest BCUT2D eigenvalue weighted by Gasteiger charge is -2.22. The van der Waals surface area contributed by atoms with Gasteiger partial charge in [-0.15, -0.1) is 5.10 Å². The van der Waals surface area contributed by atoms with Gasteiger partial charge in [0.25, 0.3) is 5.91 Å². The molecule has 3 heterocycles. The van der Waals surface area contributed by atoms with E-state index in [0.29, 0.717) is 11.7 Å². The van der Waals surface area contributed by atoms with Gasteiger partial charge in [0.05, 0.1) is 29.3 Å². The zero-order valence-corrected chi connectivity index (χ0v) is 15.7. The van der Waals surface area contributed by atoms with E-state index in [1.54, 1.807) is 6.20 Å². The number of amides is 1. The van der Waals surface area contributed by atoms with Gasteiger partial charge in [-0.1, -0.05) is 17.3 Å². The second-order valence-corrected chi connectivity index (χ2v) is 6.96. The number of piperidine rings is 1. The molecule has 1 amide bonds. The van der Waals surface area contributed by atoms with Crippen molar-refractivity contribution in [2.45, 2.75) is 45.3 Å². The fourth-order valence-electron chi connectivity index (χ4n) is 3.72. The third-order valence-electron chi connectivity index (χ3n) is 5.16. The molecule has 2 aromatic heterocycles. The Kier molecular flexibility index (Phi) is 4.89. The molecule has 142 valence electrons. The molecule has 1 atom stereocenters. The number of fused-ring (bicyclic) bond motifs is 1. The highest BCUT2D eigenvalue weighted by Gasteiger charge is 2.22. The molecule has 1 saturated heterocycles. The van der Waals surface area contributed by atoms with Gasteiger partial charge >= 0.3 is 0 Å². The lowest BCUT2D eigenvalue weighted by atomic mass is 10.1. The van der Waals surface area contributed by atoms with Crippen LogP contribution in [0.25, 0.3) is 11.0 Å². The molecule has 8 heteroatoms. The summed E-state index contributed by atoms with van der Waals surface area (Å²) < 4.78 is 3.95. The highest BCUT2D eigenvalue weighted by molar-refractivity contribution is 5.92. The van der Waals surface area contributed by atoms with Crippen LogP contribution in [0.5, 0.6) is 0 Å². The van der Waals surface area contributed by atoms with Crippen molar-refractivity contribution in [3.05, 3.63) is 42.0 Å². The first-order chi connectivity index (χ1) is 13.2. The zero-order chi connectivity index (χ0) is 18.8. The zero-order valence-electron chi connectivity index (χ0n) is 15.7. The average molecular weight is 367 g/mol. The number of aryl methyl sites for hydroxylation is 1. The fraction of sp³-hybridized carbons (Fsp3) is 0.474. The smallest absolute Gasteiger partial charge is 0.274 e. The maximum atomic E-state index is 12.7. The largest absolute Gasteiger partial charge is 0.341 e. The van der Waals surface area contributed by atoms with Gasteiger partial charge in [0.2, 0.25) is 0 Å². The first-order valence-electron chi connectivity index (χ1n) is 9.56. The Morgan fingerprint density at radius 2 is 2.11 bits per heavy atom. The van der Waals surface area contributed by atoms with E-state index in [-0.39, 0.29) is 11.9 Å². The Balaban J connectivity index is 1.50. The molecule has 0 radical (unpaired) electrons. The number of imidazole rings is 1. The van der Waals surface area contributed by atoms with Crippen molar-refractivity contribution in [1.29, 1.82) is 0 Å². The topological polar surface area (TPSA) is 89.7 Å². The van der Waals surface area contributed by atoms with Crippen LogP contribution in [-0.2, 0) is 6.54 Å². The Labute approximate surface area is 158 Å². The van der Waals surface area contributed by atoms with Crippen LogP contribution in [0.15, 0.2) is 30.5 Å². The predicted molar refractivity (Wildman–Crippen MR) is 102 cm³/mol. The van der Waals surface area contributed by atoms with Crippen LogP contribution >= 0.6 is 0 Å². The van der Waals surface area contributed by atoms with Crippen LogP contribution in [0.1, 0.15) is 55.1 Å². The Morgan fingerprint density at radius 1 is 1.33 bits per heavy atom. The van der Waals surface area contributed by atoms with Crippen LogP contribution in [0.2, 0.25) is 0 Å². The minimum atomic E-state index is -0.228. The fourth-order valence-corrected chi connectivity index (χ4v) is 3.72. The van der Waals surface area contributed by atoms with Gasteiger partial charge in [-0.05, 0) is 51.9 Å². The van der Waals surface area contributed by atoms with Crippen LogP contribution < -0.4 is 10.6 Å². The molecule has 0 bridgehead atoms. The third-order valence-corrected chi connectivity index (χ3v) is 5.16. The van der Waals surface area contributed by atoms with Crippen LogP contribution in [-0.4, -0.2) is 43.5 Å². The molecule has 1 aliphatic heterocycles. The molecule has 0 saturated carbocycles. The minimum absolute atomic E-state index is 0.225. The van der Waals surface area contributed by atoms with Crippen molar-refractivity contribution < 1.29 is 4.79 Å². The third kappa shape index (κ3) is 3.44. The normalized spacial score (nSPS) is 16.5. The Hall–Kier alpha value is -2.74. The summed E-state index contributed by atoms with van der Waals surface area (Å²) in [6.45, 7) is 6.76. The standard InChI is InChI=1S/C19H25N7O/c1-3-25-17-7-5-4-6-15(17)22-18(25)13(2)21-19(27)16-12-26(24-23-16)14-8-10-20-11-9-14/h4-7,12-14,20H,3,8-11H2,1-2H3,(H,21,27)/t13-/m0/s1. The van der Waals surface area contributed by atoms with E-state index in [0.717, 1.165) is 49.3 Å². The number of nitrogens with one attached hydrogen (secondary N) is 2. The lowest BCUT2D eigenvalue weighted by Crippen LogP contribution is -2.30. The number of carbonyl (C=O) groups excluding carboxylic acids is 1. The number of rotatable bonds is 5. The highest BCUT2D eigenvalue weighted by atomic mass is 16.2. The summed E-state index contributed by atoms with van der Waals surface area (Å²) in [6.07, 6.45) is 3.75. The van der Waals surface area contributed by atoms with E-state index in [1.807, 2.05) is 29.8 Å². The molecule has 8 nitrogen and oxygen atoms in total. The van der Waals surface area contributed by atoms with Gasteiger partial charge < -0.3 is 15.2 Å². The molecule has 1 fully saturated rings. The first kappa shape index (κ1) is 17.7. The summed E-state index contributed by atoms with van der Waals surface area (Å²) in [7, 11) is 0. The summed E-state index contributed by atoms with van der Waals surface area (Å²) in [5.74, 6) is 0.621. The van der Waals surface area contributed by atoms with Crippen LogP contribution in [0, 0.1) is 0 Å². The van der Waals surface area contributed by atoms with E-state index in [2.05, 4.69) is 38.5 Å². The summed E-state index contributed by atoms with van der Waals surface area (Å²) in [6, 6.07) is 8.10. The quantitative estimate of drug-likeness (QED) is 0.720. The number of benzene rings is 1. The van der Waals surface area contributed by atoms with Gasteiger partial charge in [-0.25, -0.2) is 9.67 Å². The van der Waals surface area contributed by atoms with Crippen LogP contribution in [0.4, 0.5) is 0 Å². The van der Waals surface area contributed by atoms with Crippen molar-refractivity contribution in [1.82, 2.24) is 35.2 Å². The van der Waals surface area contributed by atoms with E-state index < -0.39 is 0 Å². The second kappa shape index (κ2) is 7.48. The van der Waals surface area contributed by atoms with Crippen molar-refractivity contribution >= 4 is 16.9 Å². The number of carbonyl (C=O) groups is 1. The lowest BCUT2D eigenvalue weighted by molar-refractivity contribution is 0.0932. The maximum Gasteiger partial charge on any atom is 0.274 e. The molecule has 1 aromatic carbocycles. The van der Waals surface area contributed by atoms with Crippen LogP contribution in [0.3, 0.4) is 0 Å². The van der Waals surface area contributed by atoms with Crippen molar-refractivity contribution in [3.63, 3.8) is 0 Å². The van der Waals surface area contributed by atoms with Gasteiger partial charge in [0.1, 0.15) is 5.82 Å². The predicted octanol–water partition coefficient (Wildman–Crippen LogP) is 2.06. The second-order valence-electron chi connectivity index (χ2n) is 6.96. The summed E-state index contributed by atoms with van der Waals surface area (Å²) >= 11 is 0. The number of hydrogen-bond donors (Lipinski definition) is 2. The van der Waals surface area contributed by atoms with Gasteiger partial charge in [-0.2, -0.15) is 0 Å². The maximum absolute atomic E-state index is 12.7. The molecule has 27 heavy (non-hydrogen) atoms. The number of para-hydroxylation sites is 2. The molecular formula is C19H25N7O. The van der Waals surface area contributed by atoms with Crippen molar-refractivity contribution in [2.75, 3.05) is 13.1 Å². The van der Waals surface area contributed by atoms with Gasteiger partial charge in [0, 0.05) is 6.54 Å². The SMILES string of the molecule is CCn1c([C@H](C)NC(=O)c2cn(C3CCNCC3)nn2)nc2ccccc21. The molecule has 1 aliphatic rings. The first-order valence-corrected chi connectivity index (χ1v) is 9.56. The molecule has 0 spiro atoms. The Bertz CT molecular complexity index is 939. The summed E-state index contributed by atoms with van der Waals surface area (Å²) in [5, 5.41) is 14.6. The molecule has 2 N–H and O–H groups in total. The van der Waals surface area contributed by atoms with Gasteiger partial charge in [-0.3, -0.25) is 4.79 Å². The Morgan fingerprint density at radius 3 is 2.89 bits per heavy atom. The molecule has 0 unspecified atom stereocenters. The number of nitrogens with zero attached hydrogens (tertiary/aromatic N) is 5. The van der Waals surface area contributed by atoms with E-state index >= 15 is 0 Å². The van der Waals surface area contributed by atoms with E-state index in [9.17, 15) is 4.79 Å². The molecule has 0 aliphatic carbocycles. The number of aromatic nitrogens is 5. The van der Waals surface area contributed by atoms with Gasteiger partial charge in [0.15, 0.2) is 5.69 Å². The minimum Gasteiger partial charge on any atom is -0.341 e. The van der Waals surface area contributed by atoms with Crippen molar-refractivity contribution in [2.24, 2.45) is 0 Å². The molecular weight excluding hydrogens is 342 g/mol. The van der Waals surface area contributed by atoms with E-state index in [4.69, 9.17) is 4.98 Å². The molecule has 3 aromatic rings. The van der Waals surface area contributed by atoms with E-state index in [1.165, 1.54) is 0 Å². The highest BCUT2D eigenvalue weighted by Crippen LogP contribution is 2.21. The summed E-state index contributed by atoms with van der Waals surface area (Å²) in [4.78, 5) is 17.4.